The van der Waals surface area contributed by atoms with Gasteiger partial charge in [0.2, 0.25) is 0 Å². The molecule has 8 heavy (non-hydrogen) atoms. The Morgan fingerprint density at radius 1 is 1.50 bits per heavy atom. The van der Waals surface area contributed by atoms with Crippen molar-refractivity contribution in [3.8, 4) is 0 Å². The van der Waals surface area contributed by atoms with E-state index in [1.807, 2.05) is 0 Å². The summed E-state index contributed by atoms with van der Waals surface area (Å²) >= 11 is 2.41. The van der Waals surface area contributed by atoms with Gasteiger partial charge in [0.25, 0.3) is 0 Å². The first-order valence-corrected chi connectivity index (χ1v) is 2.15. The van der Waals surface area contributed by atoms with E-state index in [1.54, 1.807) is 4.99 Å². The zero-order chi connectivity index (χ0) is 5.86. The maximum absolute atomic E-state index is 11.5. The van der Waals surface area contributed by atoms with Gasteiger partial charge < -0.3 is 15.4 Å². The van der Waals surface area contributed by atoms with Crippen LogP contribution in [0.25, 0.3) is 0 Å². The topological polar surface area (TPSA) is 0 Å². The van der Waals surface area contributed by atoms with Gasteiger partial charge >= 0.3 is 0 Å². The van der Waals surface area contributed by atoms with Crippen molar-refractivity contribution < 1.29 is 41.5 Å². The number of allylic oxidation sites excluding steroid dienone is 2. The van der Waals surface area contributed by atoms with Crippen LogP contribution in [0.1, 0.15) is 0 Å². The van der Waals surface area contributed by atoms with Gasteiger partial charge in [0.1, 0.15) is 0 Å². The smallest absolute Gasteiger partial charge is 0 e. The van der Waals surface area contributed by atoms with Crippen LogP contribution in [0.3, 0.4) is 0 Å². The molecule has 1 radical (unpaired) electrons. The SMILES string of the molecule is [CH-]=C(F)C(F)=[C-]Br.[Y]. The Labute approximate surface area is 80.0 Å². The normalized spacial score (nSPS) is 10.1. The molecule has 0 rings (SSSR count). The van der Waals surface area contributed by atoms with Crippen molar-refractivity contribution >= 4 is 15.9 Å². The first-order chi connectivity index (χ1) is 3.18. The Kier molecular flexibility index (Phi) is 8.84. The molecule has 0 aliphatic rings. The quantitative estimate of drug-likeness (QED) is 0.498. The van der Waals surface area contributed by atoms with Crippen LogP contribution in [0.5, 0.6) is 0 Å². The second-order valence-electron chi connectivity index (χ2n) is 0.756. The molecule has 0 amide bonds. The summed E-state index contributed by atoms with van der Waals surface area (Å²) in [6.45, 7) is 4.29. The molecular formula is C4HBrF2Y-2. The molecule has 0 bridgehead atoms. The second-order valence-corrected chi connectivity index (χ2v) is 1.15. The average Bonchev–Trinajstić information content (AvgIpc) is 1.65. The van der Waals surface area contributed by atoms with E-state index in [0.29, 0.717) is 0 Å². The van der Waals surface area contributed by atoms with Crippen molar-refractivity contribution in [1.82, 2.24) is 0 Å². The van der Waals surface area contributed by atoms with E-state index in [-0.39, 0.29) is 32.7 Å². The van der Waals surface area contributed by atoms with E-state index in [1.165, 1.54) is 0 Å². The Bertz CT molecular complexity index is 111. The molecule has 0 aliphatic heterocycles. The van der Waals surface area contributed by atoms with Crippen LogP contribution >= 0.6 is 15.9 Å². The molecule has 4 heteroatoms. The molecule has 0 saturated carbocycles. The first kappa shape index (κ1) is 11.7. The predicted octanol–water partition coefficient (Wildman–Crippen LogP) is 2.28. The Balaban J connectivity index is 0. The summed E-state index contributed by atoms with van der Waals surface area (Å²) in [4.78, 5) is 1.69. The zero-order valence-corrected chi connectivity index (χ0v) is 8.21. The molecule has 0 fully saturated rings. The second kappa shape index (κ2) is 6.05. The van der Waals surface area contributed by atoms with E-state index < -0.39 is 11.7 Å². The molecule has 43 valence electrons. The summed E-state index contributed by atoms with van der Waals surface area (Å²) < 4.78 is 22.8. The van der Waals surface area contributed by atoms with Gasteiger partial charge in [-0.15, -0.1) is 0 Å². The monoisotopic (exact) mass is 255 g/mol. The fraction of sp³-hybridized carbons (Fsp3) is 0. The van der Waals surface area contributed by atoms with Gasteiger partial charge in [-0.1, -0.05) is 0 Å². The molecule has 0 spiro atoms. The third kappa shape index (κ3) is 5.07. The summed E-state index contributed by atoms with van der Waals surface area (Å²) in [6.07, 6.45) is 0. The first-order valence-electron chi connectivity index (χ1n) is 1.36. The third-order valence-electron chi connectivity index (χ3n) is 0.293. The molecule has 0 nitrogen and oxygen atoms in total. The molecule has 0 saturated heterocycles. The molecular weight excluding hydrogens is 255 g/mol. The standard InChI is InChI=1S/C4HBrF2.Y/c1-3(6)4(7)2-5;/h1H;/q-2;. The number of rotatable bonds is 1. The zero-order valence-electron chi connectivity index (χ0n) is 3.79. The average molecular weight is 256 g/mol. The minimum absolute atomic E-state index is 0. The fourth-order valence-electron chi connectivity index (χ4n) is 0.0451. The molecule has 0 N–H and O–H groups in total. The van der Waals surface area contributed by atoms with Crippen LogP contribution in [-0.4, -0.2) is 0 Å². The van der Waals surface area contributed by atoms with Crippen LogP contribution in [0.15, 0.2) is 11.7 Å². The number of hydrogen-bond acceptors (Lipinski definition) is 0. The van der Waals surface area contributed by atoms with Gasteiger partial charge in [-0.05, 0) is 0 Å². The van der Waals surface area contributed by atoms with Crippen molar-refractivity contribution in [2.75, 3.05) is 0 Å². The number of halogens is 3. The van der Waals surface area contributed by atoms with Gasteiger partial charge in [-0.3, -0.25) is 4.99 Å². The summed E-state index contributed by atoms with van der Waals surface area (Å²) in [5.74, 6) is -2.57. The predicted molar refractivity (Wildman–Crippen MR) is 25.7 cm³/mol. The minimum Gasteiger partial charge on any atom is -0.359 e. The Hall–Kier alpha value is 0.924. The minimum atomic E-state index is -1.36. The molecule has 0 aliphatic carbocycles. The van der Waals surface area contributed by atoms with Crippen molar-refractivity contribution in [2.45, 2.75) is 0 Å². The van der Waals surface area contributed by atoms with Crippen molar-refractivity contribution in [1.29, 1.82) is 0 Å². The van der Waals surface area contributed by atoms with Crippen LogP contribution in [0.2, 0.25) is 0 Å². The van der Waals surface area contributed by atoms with Crippen molar-refractivity contribution in [3.63, 3.8) is 0 Å². The molecule has 0 aromatic carbocycles. The van der Waals surface area contributed by atoms with Crippen LogP contribution in [0.4, 0.5) is 8.78 Å². The van der Waals surface area contributed by atoms with E-state index in [9.17, 15) is 8.78 Å². The summed E-state index contributed by atoms with van der Waals surface area (Å²) in [6, 6.07) is 0. The Morgan fingerprint density at radius 3 is 1.88 bits per heavy atom. The number of hydrogen-bond donors (Lipinski definition) is 0. The van der Waals surface area contributed by atoms with Crippen molar-refractivity contribution in [3.05, 3.63) is 23.2 Å². The molecule has 0 unspecified atom stereocenters. The van der Waals surface area contributed by atoms with Gasteiger partial charge in [-0.2, -0.15) is 11.7 Å². The van der Waals surface area contributed by atoms with Gasteiger partial charge in [0.15, 0.2) is 0 Å². The van der Waals surface area contributed by atoms with Crippen LogP contribution in [0, 0.1) is 11.6 Å². The van der Waals surface area contributed by atoms with Crippen molar-refractivity contribution in [2.24, 2.45) is 0 Å². The van der Waals surface area contributed by atoms with Crippen LogP contribution in [-0.2, 0) is 32.7 Å². The molecule has 0 heterocycles. The maximum Gasteiger partial charge on any atom is 0 e. The van der Waals surface area contributed by atoms with Crippen LogP contribution < -0.4 is 0 Å². The summed E-state index contributed by atoms with van der Waals surface area (Å²) in [5, 5.41) is 0. The third-order valence-corrected chi connectivity index (χ3v) is 0.641. The summed E-state index contributed by atoms with van der Waals surface area (Å²) in [5.41, 5.74) is 0. The van der Waals surface area contributed by atoms with E-state index in [0.717, 1.165) is 0 Å². The maximum atomic E-state index is 11.5. The molecule has 0 aromatic rings. The van der Waals surface area contributed by atoms with E-state index >= 15 is 0 Å². The fourth-order valence-corrected chi connectivity index (χ4v) is 0.235. The summed E-state index contributed by atoms with van der Waals surface area (Å²) in [7, 11) is 0. The van der Waals surface area contributed by atoms with E-state index in [4.69, 9.17) is 0 Å². The largest absolute Gasteiger partial charge is 0.359 e. The van der Waals surface area contributed by atoms with Gasteiger partial charge in [0.05, 0.1) is 0 Å². The van der Waals surface area contributed by atoms with E-state index in [2.05, 4.69) is 22.5 Å². The van der Waals surface area contributed by atoms with Gasteiger partial charge in [-0.25, -0.2) is 15.9 Å². The Morgan fingerprint density at radius 2 is 1.88 bits per heavy atom. The van der Waals surface area contributed by atoms with Gasteiger partial charge in [0, 0.05) is 32.7 Å². The molecule has 0 atom stereocenters. The molecule has 0 aromatic heterocycles.